The second-order valence-electron chi connectivity index (χ2n) is 5.83. The maximum Gasteiger partial charge on any atom is 0.308 e. The van der Waals surface area contributed by atoms with Crippen LogP contribution in [0.2, 0.25) is 5.02 Å². The molecule has 0 aliphatic heterocycles. The number of ether oxygens (including phenoxy) is 1. The van der Waals surface area contributed by atoms with Gasteiger partial charge >= 0.3 is 5.97 Å². The maximum atomic E-state index is 12.7. The minimum absolute atomic E-state index is 0.0501. The lowest BCUT2D eigenvalue weighted by Gasteiger charge is -2.11. The van der Waals surface area contributed by atoms with E-state index in [1.54, 1.807) is 36.4 Å². The molecular weight excluding hydrogens is 384 g/mol. The number of nitrogens with one attached hydrogen (secondary N) is 2. The predicted octanol–water partition coefficient (Wildman–Crippen LogP) is 2.58. The Morgan fingerprint density at radius 1 is 1.04 bits per heavy atom. The third-order valence-electron chi connectivity index (χ3n) is 3.60. The third-order valence-corrected chi connectivity index (χ3v) is 3.84. The van der Waals surface area contributed by atoms with Gasteiger partial charge in [-0.3, -0.25) is 19.2 Å². The highest BCUT2D eigenvalue weighted by Gasteiger charge is 2.16. The Kier molecular flexibility index (Phi) is 7.71. The van der Waals surface area contributed by atoms with Crippen molar-refractivity contribution >= 4 is 40.9 Å². The van der Waals surface area contributed by atoms with Crippen molar-refractivity contribution in [1.82, 2.24) is 5.32 Å². The number of carbonyl (C=O) groups excluding carboxylic acids is 4. The van der Waals surface area contributed by atoms with E-state index in [1.807, 2.05) is 0 Å². The largest absolute Gasteiger partial charge is 0.456 e. The van der Waals surface area contributed by atoms with Gasteiger partial charge in [0.05, 0.1) is 12.1 Å². The molecule has 0 atom stereocenters. The number of anilines is 1. The molecule has 0 saturated carbocycles. The third kappa shape index (κ3) is 6.51. The standard InChI is InChI=1S/C20H19ClN2O5/c1-13(24)22-10-9-19(26)28-12-18(25)23-17-8-7-15(21)11-16(17)20(27)14-5-3-2-4-6-14/h2-8,11H,9-10,12H2,1H3,(H,22,24)(H,23,25). The van der Waals surface area contributed by atoms with Gasteiger partial charge in [0.15, 0.2) is 12.4 Å². The summed E-state index contributed by atoms with van der Waals surface area (Å²) < 4.78 is 4.85. The molecule has 0 aliphatic rings. The lowest BCUT2D eigenvalue weighted by molar-refractivity contribution is -0.147. The molecular formula is C20H19ClN2O5. The van der Waals surface area contributed by atoms with Crippen LogP contribution in [0.25, 0.3) is 0 Å². The monoisotopic (exact) mass is 402 g/mol. The number of benzene rings is 2. The summed E-state index contributed by atoms with van der Waals surface area (Å²) in [4.78, 5) is 47.1. The fourth-order valence-corrected chi connectivity index (χ4v) is 2.48. The van der Waals surface area contributed by atoms with Crippen LogP contribution in [0.1, 0.15) is 29.3 Å². The van der Waals surface area contributed by atoms with Gasteiger partial charge in [-0.25, -0.2) is 0 Å². The summed E-state index contributed by atoms with van der Waals surface area (Å²) in [6.07, 6.45) is -0.0501. The van der Waals surface area contributed by atoms with Crippen LogP contribution in [0.5, 0.6) is 0 Å². The summed E-state index contributed by atoms with van der Waals surface area (Å²) in [6.45, 7) is 0.947. The molecule has 0 fully saturated rings. The van der Waals surface area contributed by atoms with Crippen molar-refractivity contribution in [2.75, 3.05) is 18.5 Å². The average molecular weight is 403 g/mol. The van der Waals surface area contributed by atoms with E-state index in [0.717, 1.165) is 0 Å². The summed E-state index contributed by atoms with van der Waals surface area (Å²) in [5.74, 6) is -1.78. The van der Waals surface area contributed by atoms with Gasteiger partial charge in [-0.1, -0.05) is 41.9 Å². The first kappa shape index (κ1) is 21.1. The van der Waals surface area contributed by atoms with E-state index in [-0.39, 0.29) is 35.9 Å². The highest BCUT2D eigenvalue weighted by atomic mass is 35.5. The second kappa shape index (κ2) is 10.2. The normalized spacial score (nSPS) is 10.1. The van der Waals surface area contributed by atoms with Crippen molar-refractivity contribution in [2.24, 2.45) is 0 Å². The van der Waals surface area contributed by atoms with E-state index in [4.69, 9.17) is 16.3 Å². The van der Waals surface area contributed by atoms with Crippen molar-refractivity contribution in [3.63, 3.8) is 0 Å². The minimum Gasteiger partial charge on any atom is -0.456 e. The quantitative estimate of drug-likeness (QED) is 0.522. The van der Waals surface area contributed by atoms with Crippen LogP contribution in [0.4, 0.5) is 5.69 Å². The molecule has 2 aromatic rings. The van der Waals surface area contributed by atoms with Gasteiger partial charge in [-0.15, -0.1) is 0 Å². The Morgan fingerprint density at radius 3 is 2.43 bits per heavy atom. The molecule has 2 rings (SSSR count). The molecule has 0 aromatic heterocycles. The molecule has 2 aromatic carbocycles. The zero-order valence-electron chi connectivity index (χ0n) is 15.2. The number of hydrogen-bond donors (Lipinski definition) is 2. The SMILES string of the molecule is CC(=O)NCCC(=O)OCC(=O)Nc1ccc(Cl)cc1C(=O)c1ccccc1. The first-order valence-corrected chi connectivity index (χ1v) is 8.84. The smallest absolute Gasteiger partial charge is 0.308 e. The molecule has 2 amide bonds. The van der Waals surface area contributed by atoms with Crippen molar-refractivity contribution < 1.29 is 23.9 Å². The number of carbonyl (C=O) groups is 4. The van der Waals surface area contributed by atoms with E-state index < -0.39 is 18.5 Å². The number of esters is 1. The van der Waals surface area contributed by atoms with Crippen molar-refractivity contribution in [1.29, 1.82) is 0 Å². The van der Waals surface area contributed by atoms with Gasteiger partial charge < -0.3 is 15.4 Å². The molecule has 146 valence electrons. The van der Waals surface area contributed by atoms with Crippen LogP contribution in [-0.4, -0.2) is 36.7 Å². The summed E-state index contributed by atoms with van der Waals surface area (Å²) in [5.41, 5.74) is 0.936. The van der Waals surface area contributed by atoms with Crippen molar-refractivity contribution in [3.05, 3.63) is 64.7 Å². The molecule has 0 bridgehead atoms. The molecule has 8 heteroatoms. The number of hydrogen-bond acceptors (Lipinski definition) is 5. The first-order chi connectivity index (χ1) is 13.4. The number of rotatable bonds is 8. The highest BCUT2D eigenvalue weighted by Crippen LogP contribution is 2.23. The zero-order valence-corrected chi connectivity index (χ0v) is 15.9. The molecule has 0 spiro atoms. The maximum absolute atomic E-state index is 12.7. The summed E-state index contributed by atoms with van der Waals surface area (Å²) in [6, 6.07) is 13.1. The lowest BCUT2D eigenvalue weighted by Crippen LogP contribution is -2.26. The fourth-order valence-electron chi connectivity index (χ4n) is 2.30. The predicted molar refractivity (Wildman–Crippen MR) is 104 cm³/mol. The van der Waals surface area contributed by atoms with E-state index in [9.17, 15) is 19.2 Å². The summed E-state index contributed by atoms with van der Waals surface area (Å²) in [5, 5.41) is 5.36. The topological polar surface area (TPSA) is 102 Å². The van der Waals surface area contributed by atoms with Gasteiger partial charge in [-0.05, 0) is 18.2 Å². The van der Waals surface area contributed by atoms with Crippen LogP contribution in [0.15, 0.2) is 48.5 Å². The van der Waals surface area contributed by atoms with Gasteiger partial charge in [0.25, 0.3) is 5.91 Å². The van der Waals surface area contributed by atoms with Crippen molar-refractivity contribution in [2.45, 2.75) is 13.3 Å². The Bertz CT molecular complexity index is 883. The van der Waals surface area contributed by atoms with E-state index in [1.165, 1.54) is 19.1 Å². The molecule has 0 radical (unpaired) electrons. The summed E-state index contributed by atoms with van der Waals surface area (Å²) >= 11 is 5.99. The van der Waals surface area contributed by atoms with Crippen molar-refractivity contribution in [3.8, 4) is 0 Å². The zero-order chi connectivity index (χ0) is 20.5. The van der Waals surface area contributed by atoms with E-state index >= 15 is 0 Å². The molecule has 2 N–H and O–H groups in total. The second-order valence-corrected chi connectivity index (χ2v) is 6.26. The molecule has 7 nitrogen and oxygen atoms in total. The molecule has 0 aliphatic carbocycles. The average Bonchev–Trinajstić information content (AvgIpc) is 2.67. The Morgan fingerprint density at radius 2 is 1.75 bits per heavy atom. The first-order valence-electron chi connectivity index (χ1n) is 8.46. The molecule has 0 unspecified atom stereocenters. The minimum atomic E-state index is -0.624. The van der Waals surface area contributed by atoms with Gasteiger partial charge in [0.1, 0.15) is 0 Å². The fraction of sp³-hybridized carbons (Fsp3) is 0.200. The summed E-state index contributed by atoms with van der Waals surface area (Å²) in [7, 11) is 0. The van der Waals surface area contributed by atoms with Crippen LogP contribution in [0.3, 0.4) is 0 Å². The molecule has 28 heavy (non-hydrogen) atoms. The lowest BCUT2D eigenvalue weighted by atomic mass is 10.0. The van der Waals surface area contributed by atoms with Gasteiger partial charge in [0.2, 0.25) is 5.91 Å². The Hall–Kier alpha value is -3.19. The number of amides is 2. The van der Waals surface area contributed by atoms with Crippen LogP contribution >= 0.6 is 11.6 Å². The van der Waals surface area contributed by atoms with E-state index in [2.05, 4.69) is 10.6 Å². The molecule has 0 saturated heterocycles. The number of ketones is 1. The highest BCUT2D eigenvalue weighted by molar-refractivity contribution is 6.31. The van der Waals surface area contributed by atoms with Gasteiger partial charge in [0, 0.05) is 29.6 Å². The Labute approximate surface area is 167 Å². The van der Waals surface area contributed by atoms with Crippen LogP contribution < -0.4 is 10.6 Å². The number of halogens is 1. The van der Waals surface area contributed by atoms with Crippen LogP contribution in [0, 0.1) is 0 Å². The molecule has 0 heterocycles. The Balaban J connectivity index is 2.00. The van der Waals surface area contributed by atoms with Crippen LogP contribution in [-0.2, 0) is 19.1 Å². The van der Waals surface area contributed by atoms with E-state index in [0.29, 0.717) is 10.6 Å². The van der Waals surface area contributed by atoms with Gasteiger partial charge in [-0.2, -0.15) is 0 Å².